The summed E-state index contributed by atoms with van der Waals surface area (Å²) in [5.74, 6) is 0.775. The fourth-order valence-corrected chi connectivity index (χ4v) is 1.28. The molecular formula is C12H20N4O. The van der Waals surface area contributed by atoms with E-state index in [2.05, 4.69) is 5.22 Å². The Morgan fingerprint density at radius 2 is 1.94 bits per heavy atom. The summed E-state index contributed by atoms with van der Waals surface area (Å²) in [5, 5.41) is 12.0. The maximum Gasteiger partial charge on any atom is 0.144 e. The zero-order valence-electron chi connectivity index (χ0n) is 11.0. The molecule has 0 fully saturated rings. The molecule has 0 aromatic heterocycles. The first kappa shape index (κ1) is 15.1. The number of anilines is 1. The normalized spacial score (nSPS) is 8.76. The molecule has 0 saturated carbocycles. The van der Waals surface area contributed by atoms with Crippen LogP contribution in [-0.2, 0) is 0 Å². The van der Waals surface area contributed by atoms with Gasteiger partial charge in [0.25, 0.3) is 0 Å². The number of amidine groups is 1. The van der Waals surface area contributed by atoms with E-state index in [4.69, 9.17) is 15.7 Å². The smallest absolute Gasteiger partial charge is 0.144 e. The lowest BCUT2D eigenvalue weighted by molar-refractivity contribution is 0.415. The van der Waals surface area contributed by atoms with E-state index in [1.807, 2.05) is 32.9 Å². The third-order valence-electron chi connectivity index (χ3n) is 1.98. The standard InChI is InChI=1S/C10H14N4O.C2H6/c1-7-4-5-10(15-3)9(6-7)14(13-12)8(2)11;1-2/h4-6,11-12H,1-3H3;1-2H3. The van der Waals surface area contributed by atoms with Crippen LogP contribution >= 0.6 is 0 Å². The molecule has 0 bridgehead atoms. The van der Waals surface area contributed by atoms with E-state index in [9.17, 15) is 0 Å². The van der Waals surface area contributed by atoms with Crippen LogP contribution in [0.2, 0.25) is 0 Å². The highest BCUT2D eigenvalue weighted by Crippen LogP contribution is 2.29. The van der Waals surface area contributed by atoms with Gasteiger partial charge in [0.15, 0.2) is 0 Å². The van der Waals surface area contributed by atoms with Gasteiger partial charge in [-0.15, -0.1) is 0 Å². The molecule has 0 saturated heterocycles. The summed E-state index contributed by atoms with van der Waals surface area (Å²) in [6, 6.07) is 5.53. The average molecular weight is 236 g/mol. The predicted octanol–water partition coefficient (Wildman–Crippen LogP) is 3.78. The zero-order chi connectivity index (χ0) is 13.4. The number of methoxy groups -OCH3 is 1. The van der Waals surface area contributed by atoms with Gasteiger partial charge in [0, 0.05) is 0 Å². The van der Waals surface area contributed by atoms with Crippen LogP contribution in [0.1, 0.15) is 26.3 Å². The van der Waals surface area contributed by atoms with Crippen molar-refractivity contribution < 1.29 is 4.74 Å². The van der Waals surface area contributed by atoms with E-state index in [1.165, 1.54) is 5.01 Å². The van der Waals surface area contributed by atoms with Crippen molar-refractivity contribution >= 4 is 11.5 Å². The van der Waals surface area contributed by atoms with Crippen LogP contribution in [0.3, 0.4) is 0 Å². The number of hydrogen-bond donors (Lipinski definition) is 2. The Morgan fingerprint density at radius 3 is 2.35 bits per heavy atom. The van der Waals surface area contributed by atoms with Gasteiger partial charge in [-0.2, -0.15) is 10.5 Å². The van der Waals surface area contributed by atoms with Crippen LogP contribution in [0.4, 0.5) is 5.69 Å². The van der Waals surface area contributed by atoms with Crippen LogP contribution in [0.25, 0.3) is 0 Å². The number of benzene rings is 1. The minimum Gasteiger partial charge on any atom is -0.494 e. The second-order valence-electron chi connectivity index (χ2n) is 3.17. The summed E-state index contributed by atoms with van der Waals surface area (Å²) in [6.07, 6.45) is 0. The summed E-state index contributed by atoms with van der Waals surface area (Å²) in [6.45, 7) is 7.50. The molecule has 0 heterocycles. The monoisotopic (exact) mass is 236 g/mol. The van der Waals surface area contributed by atoms with E-state index in [-0.39, 0.29) is 5.84 Å². The largest absolute Gasteiger partial charge is 0.494 e. The first-order chi connectivity index (χ1) is 8.10. The third-order valence-corrected chi connectivity index (χ3v) is 1.98. The fourth-order valence-electron chi connectivity index (χ4n) is 1.28. The molecule has 17 heavy (non-hydrogen) atoms. The third kappa shape index (κ3) is 3.86. The van der Waals surface area contributed by atoms with E-state index in [1.54, 1.807) is 20.1 Å². The van der Waals surface area contributed by atoms with Crippen molar-refractivity contribution in [1.82, 2.24) is 0 Å². The Labute approximate surface area is 102 Å². The Kier molecular flexibility index (Phi) is 6.55. The van der Waals surface area contributed by atoms with Crippen molar-refractivity contribution in [3.05, 3.63) is 23.8 Å². The second-order valence-corrected chi connectivity index (χ2v) is 3.17. The van der Waals surface area contributed by atoms with Crippen LogP contribution < -0.4 is 9.75 Å². The van der Waals surface area contributed by atoms with Crippen LogP contribution in [0.5, 0.6) is 5.75 Å². The highest BCUT2D eigenvalue weighted by Gasteiger charge is 2.13. The lowest BCUT2D eigenvalue weighted by atomic mass is 10.2. The van der Waals surface area contributed by atoms with Gasteiger partial charge in [-0.3, -0.25) is 5.41 Å². The molecule has 0 spiro atoms. The minimum absolute atomic E-state index is 0.175. The number of ether oxygens (including phenoxy) is 1. The Morgan fingerprint density at radius 1 is 1.35 bits per heavy atom. The lowest BCUT2D eigenvalue weighted by Crippen LogP contribution is -2.21. The van der Waals surface area contributed by atoms with Gasteiger partial charge in [-0.05, 0) is 31.5 Å². The molecule has 94 valence electrons. The first-order valence-corrected chi connectivity index (χ1v) is 5.47. The summed E-state index contributed by atoms with van der Waals surface area (Å²) in [7, 11) is 1.55. The van der Waals surface area contributed by atoms with Crippen molar-refractivity contribution in [2.75, 3.05) is 12.1 Å². The molecule has 0 aliphatic carbocycles. The molecule has 0 aliphatic rings. The highest BCUT2D eigenvalue weighted by atomic mass is 16.5. The van der Waals surface area contributed by atoms with Crippen molar-refractivity contribution in [2.45, 2.75) is 27.7 Å². The molecular weight excluding hydrogens is 216 g/mol. The van der Waals surface area contributed by atoms with Gasteiger partial charge >= 0.3 is 0 Å². The molecule has 0 amide bonds. The van der Waals surface area contributed by atoms with E-state index < -0.39 is 0 Å². The van der Waals surface area contributed by atoms with Crippen LogP contribution in [0.15, 0.2) is 23.4 Å². The quantitative estimate of drug-likeness (QED) is 0.363. The molecule has 5 nitrogen and oxygen atoms in total. The molecule has 0 atom stereocenters. The number of hydrogen-bond acceptors (Lipinski definition) is 4. The van der Waals surface area contributed by atoms with Crippen LogP contribution in [0, 0.1) is 17.9 Å². The molecule has 0 unspecified atom stereocenters. The van der Waals surface area contributed by atoms with Crippen molar-refractivity contribution in [3.63, 3.8) is 0 Å². The number of nitrogens with one attached hydrogen (secondary N) is 2. The van der Waals surface area contributed by atoms with Gasteiger partial charge < -0.3 is 4.74 Å². The lowest BCUT2D eigenvalue weighted by Gasteiger charge is -2.18. The van der Waals surface area contributed by atoms with E-state index in [0.717, 1.165) is 5.56 Å². The Hall–Kier alpha value is -1.91. The molecule has 2 N–H and O–H groups in total. The second kappa shape index (κ2) is 7.38. The topological polar surface area (TPSA) is 72.5 Å². The predicted molar refractivity (Wildman–Crippen MR) is 70.1 cm³/mol. The Bertz CT molecular complexity index is 390. The van der Waals surface area contributed by atoms with Crippen LogP contribution in [-0.4, -0.2) is 12.9 Å². The molecule has 0 radical (unpaired) electrons. The van der Waals surface area contributed by atoms with Gasteiger partial charge in [0.05, 0.1) is 7.11 Å². The SMILES string of the molecule is CC.COc1ccc(C)cc1N(N=N)C(C)=N. The van der Waals surface area contributed by atoms with Crippen molar-refractivity contribution in [1.29, 1.82) is 10.9 Å². The molecule has 0 aliphatic heterocycles. The molecule has 1 rings (SSSR count). The highest BCUT2D eigenvalue weighted by molar-refractivity contribution is 5.94. The first-order valence-electron chi connectivity index (χ1n) is 5.47. The summed E-state index contributed by atoms with van der Waals surface area (Å²) in [5.41, 5.74) is 8.66. The Balaban J connectivity index is 0.00000121. The van der Waals surface area contributed by atoms with E-state index in [0.29, 0.717) is 11.4 Å². The zero-order valence-corrected chi connectivity index (χ0v) is 11.0. The number of rotatable bonds is 3. The van der Waals surface area contributed by atoms with Gasteiger partial charge in [0.1, 0.15) is 17.3 Å². The fraction of sp³-hybridized carbons (Fsp3) is 0.417. The maximum atomic E-state index is 7.49. The molecule has 1 aromatic rings. The van der Waals surface area contributed by atoms with Crippen molar-refractivity contribution in [2.24, 2.45) is 5.22 Å². The molecule has 5 heteroatoms. The summed E-state index contributed by atoms with van der Waals surface area (Å²) in [4.78, 5) is 0. The summed E-state index contributed by atoms with van der Waals surface area (Å²) >= 11 is 0. The van der Waals surface area contributed by atoms with Crippen molar-refractivity contribution in [3.8, 4) is 5.75 Å². The van der Waals surface area contributed by atoms with Gasteiger partial charge in [-0.25, -0.2) is 0 Å². The molecule has 1 aromatic carbocycles. The van der Waals surface area contributed by atoms with Gasteiger partial charge in [-0.1, -0.05) is 25.1 Å². The summed E-state index contributed by atoms with van der Waals surface area (Å²) < 4.78 is 5.15. The number of nitrogens with zero attached hydrogens (tertiary/aromatic N) is 2. The maximum absolute atomic E-state index is 7.49. The number of aryl methyl sites for hydroxylation is 1. The van der Waals surface area contributed by atoms with Gasteiger partial charge in [0.2, 0.25) is 0 Å². The average Bonchev–Trinajstić information content (AvgIpc) is 2.32. The van der Waals surface area contributed by atoms with E-state index >= 15 is 0 Å². The minimum atomic E-state index is 0.175.